The van der Waals surface area contributed by atoms with Crippen molar-refractivity contribution in [1.29, 1.82) is 0 Å². The summed E-state index contributed by atoms with van der Waals surface area (Å²) < 4.78 is 5.14. The monoisotopic (exact) mass is 495 g/mol. The molecule has 0 bridgehead atoms. The predicted molar refractivity (Wildman–Crippen MR) is 124 cm³/mol. The number of fused-ring (bicyclic) bond motifs is 1. The van der Waals surface area contributed by atoms with Crippen molar-refractivity contribution >= 4 is 56.7 Å². The number of anilines is 1. The fourth-order valence-electron chi connectivity index (χ4n) is 3.41. The summed E-state index contributed by atoms with van der Waals surface area (Å²) in [5.41, 5.74) is 7.92. The summed E-state index contributed by atoms with van der Waals surface area (Å²) in [6, 6.07) is 2.81. The van der Waals surface area contributed by atoms with Gasteiger partial charge in [0.1, 0.15) is 24.2 Å². The maximum absolute atomic E-state index is 12.8. The van der Waals surface area contributed by atoms with Crippen molar-refractivity contribution in [1.82, 2.24) is 15.2 Å². The molecule has 0 aliphatic carbocycles. The summed E-state index contributed by atoms with van der Waals surface area (Å²) in [5, 5.41) is 19.0. The van der Waals surface area contributed by atoms with Gasteiger partial charge in [0.25, 0.3) is 11.0 Å². The van der Waals surface area contributed by atoms with Crippen molar-refractivity contribution in [3.63, 3.8) is 0 Å². The van der Waals surface area contributed by atoms with Gasteiger partial charge in [0.2, 0.25) is 0 Å². The van der Waals surface area contributed by atoms with Gasteiger partial charge in [-0.15, -0.1) is 23.1 Å². The Labute approximate surface area is 196 Å². The lowest BCUT2D eigenvalue weighted by Crippen LogP contribution is -2.72. The maximum Gasteiger partial charge on any atom is 0.276 e. The lowest BCUT2D eigenvalue weighted by Gasteiger charge is -2.56. The summed E-state index contributed by atoms with van der Waals surface area (Å²) in [5.74, 6) is 0.998. The minimum atomic E-state index is -0.901. The number of furan rings is 1. The number of thiazole rings is 1. The first kappa shape index (κ1) is 22.7. The molecule has 0 radical (unpaired) electrons. The Hall–Kier alpha value is -2.48. The molecule has 1 amide bonds. The maximum atomic E-state index is 12.8. The average molecular weight is 496 g/mol. The summed E-state index contributed by atoms with van der Waals surface area (Å²) in [7, 11) is 1.34. The highest BCUT2D eigenvalue weighted by Crippen LogP contribution is 2.43. The number of hydrogen-bond donors (Lipinski definition) is 3. The highest BCUT2D eigenvalue weighted by atomic mass is 32.2. The van der Waals surface area contributed by atoms with Crippen LogP contribution in [-0.2, 0) is 9.63 Å². The van der Waals surface area contributed by atoms with Gasteiger partial charge in [0, 0.05) is 22.6 Å². The molecule has 1 saturated heterocycles. The zero-order chi connectivity index (χ0) is 22.8. The van der Waals surface area contributed by atoms with E-state index in [9.17, 15) is 14.7 Å². The van der Waals surface area contributed by atoms with Gasteiger partial charge in [-0.3, -0.25) is 9.59 Å². The van der Waals surface area contributed by atoms with Crippen molar-refractivity contribution in [3.05, 3.63) is 46.5 Å². The third-order valence-corrected chi connectivity index (χ3v) is 8.08. The quantitative estimate of drug-likeness (QED) is 0.384. The number of thioether (sulfide) groups is 2. The van der Waals surface area contributed by atoms with Gasteiger partial charge in [-0.05, 0) is 24.6 Å². The zero-order valence-electron chi connectivity index (χ0n) is 17.2. The third-order valence-electron chi connectivity index (χ3n) is 5.07. The fraction of sp³-hybridized carbons (Fsp3) is 0.368. The average Bonchev–Trinajstić information content (AvgIpc) is 3.46. The summed E-state index contributed by atoms with van der Waals surface area (Å²) >= 11 is 3.95. The van der Waals surface area contributed by atoms with Crippen molar-refractivity contribution in [2.24, 2.45) is 5.16 Å². The van der Waals surface area contributed by atoms with Gasteiger partial charge in [-0.2, -0.15) is 0 Å². The molecule has 3 atom stereocenters. The number of aromatic nitrogens is 1. The zero-order valence-corrected chi connectivity index (χ0v) is 19.6. The Morgan fingerprint density at radius 2 is 2.34 bits per heavy atom. The number of carbonyl (C=O) groups is 2. The minimum Gasteiger partial charge on any atom is -0.460 e. The van der Waals surface area contributed by atoms with E-state index in [1.54, 1.807) is 29.3 Å². The highest BCUT2D eigenvalue weighted by Gasteiger charge is 2.51. The first-order chi connectivity index (χ1) is 15.4. The Morgan fingerprint density at radius 1 is 1.53 bits per heavy atom. The third kappa shape index (κ3) is 4.37. The second kappa shape index (κ2) is 9.57. The Bertz CT molecular complexity index is 1070. The van der Waals surface area contributed by atoms with Gasteiger partial charge < -0.3 is 30.3 Å². The lowest BCUT2D eigenvalue weighted by atomic mass is 10.0. The molecule has 4 N–H and O–H groups in total. The number of aliphatic hydroxyl groups is 1. The summed E-state index contributed by atoms with van der Waals surface area (Å²) in [6.45, 7) is 1.91. The summed E-state index contributed by atoms with van der Waals surface area (Å²) in [6.07, 6.45) is 0.568. The number of rotatable bonds is 7. The standard InChI is InChI=1S/C19H21N5O5S3/c1-9-10(7-31-18(27)12-4-3-5-29-12)6-30-17-14(16(26)24(9)17)22-15(25)13(23-28-2)11-8-32-19(20)21-11/h3-5,8,14,16-17,26H,6-7H2,1-2H3,(H2,20,21)(H,22,25). The van der Waals surface area contributed by atoms with E-state index in [-0.39, 0.29) is 16.2 Å². The molecule has 0 spiro atoms. The second-order valence-corrected chi connectivity index (χ2v) is 9.90. The lowest BCUT2D eigenvalue weighted by molar-refractivity contribution is -0.128. The van der Waals surface area contributed by atoms with E-state index in [4.69, 9.17) is 15.0 Å². The van der Waals surface area contributed by atoms with Gasteiger partial charge in [0.05, 0.1) is 6.26 Å². The van der Waals surface area contributed by atoms with Crippen LogP contribution in [0.25, 0.3) is 0 Å². The molecule has 2 aliphatic heterocycles. The van der Waals surface area contributed by atoms with Gasteiger partial charge in [-0.25, -0.2) is 4.98 Å². The van der Waals surface area contributed by atoms with Gasteiger partial charge >= 0.3 is 0 Å². The minimum absolute atomic E-state index is 0.00676. The fourth-order valence-corrected chi connectivity index (χ4v) is 6.50. The Kier molecular flexibility index (Phi) is 6.79. The molecule has 10 nitrogen and oxygen atoms in total. The molecule has 4 rings (SSSR count). The smallest absolute Gasteiger partial charge is 0.276 e. The predicted octanol–water partition coefficient (Wildman–Crippen LogP) is 1.71. The van der Waals surface area contributed by atoms with Crippen LogP contribution in [0.2, 0.25) is 0 Å². The van der Waals surface area contributed by atoms with Crippen LogP contribution in [0.15, 0.2) is 44.6 Å². The number of carbonyl (C=O) groups excluding carboxylic acids is 2. The van der Waals surface area contributed by atoms with Crippen LogP contribution in [-0.4, -0.2) is 68.0 Å². The van der Waals surface area contributed by atoms with E-state index in [0.29, 0.717) is 28.1 Å². The number of oxime groups is 1. The van der Waals surface area contributed by atoms with E-state index in [1.807, 2.05) is 11.8 Å². The molecule has 0 saturated carbocycles. The number of aliphatic hydroxyl groups excluding tert-OH is 1. The van der Waals surface area contributed by atoms with Crippen molar-refractivity contribution in [3.8, 4) is 0 Å². The number of allylic oxidation sites excluding steroid dienone is 1. The van der Waals surface area contributed by atoms with E-state index in [0.717, 1.165) is 11.3 Å². The molecule has 2 aromatic rings. The number of nitrogens with one attached hydrogen (secondary N) is 1. The molecule has 13 heteroatoms. The molecular formula is C19H21N5O5S3. The Morgan fingerprint density at radius 3 is 3.00 bits per heavy atom. The van der Waals surface area contributed by atoms with E-state index in [2.05, 4.69) is 15.5 Å². The largest absolute Gasteiger partial charge is 0.460 e. The SMILES string of the molecule is CON=C(C(=O)NC1C(O)N2C(C)=C(CSC(=O)c3ccco3)CSC12)c1csc(N)n1. The molecule has 4 heterocycles. The molecule has 3 unspecified atom stereocenters. The molecule has 2 aliphatic rings. The molecule has 2 aromatic heterocycles. The van der Waals surface area contributed by atoms with E-state index in [1.165, 1.54) is 36.5 Å². The first-order valence-electron chi connectivity index (χ1n) is 9.51. The van der Waals surface area contributed by atoms with Crippen LogP contribution in [0.4, 0.5) is 5.13 Å². The van der Waals surface area contributed by atoms with Crippen LogP contribution in [0.1, 0.15) is 23.2 Å². The molecule has 32 heavy (non-hydrogen) atoms. The van der Waals surface area contributed by atoms with Crippen LogP contribution in [0.3, 0.4) is 0 Å². The van der Waals surface area contributed by atoms with E-state index < -0.39 is 18.2 Å². The van der Waals surface area contributed by atoms with Crippen molar-refractivity contribution in [2.45, 2.75) is 24.6 Å². The van der Waals surface area contributed by atoms with Crippen LogP contribution >= 0.6 is 34.9 Å². The number of nitrogen functional groups attached to an aromatic ring is 1. The van der Waals surface area contributed by atoms with Crippen LogP contribution < -0.4 is 11.1 Å². The van der Waals surface area contributed by atoms with Crippen molar-refractivity contribution in [2.75, 3.05) is 24.3 Å². The number of nitrogens with two attached hydrogens (primary N) is 1. The number of amides is 1. The molecule has 0 aromatic carbocycles. The van der Waals surface area contributed by atoms with E-state index >= 15 is 0 Å². The van der Waals surface area contributed by atoms with Gasteiger partial charge in [0.15, 0.2) is 22.8 Å². The van der Waals surface area contributed by atoms with Gasteiger partial charge in [-0.1, -0.05) is 16.9 Å². The molecule has 170 valence electrons. The normalized spacial score (nSPS) is 22.9. The van der Waals surface area contributed by atoms with Crippen molar-refractivity contribution < 1.29 is 24.0 Å². The highest BCUT2D eigenvalue weighted by molar-refractivity contribution is 8.14. The topological polar surface area (TPSA) is 143 Å². The van der Waals surface area contributed by atoms with Crippen LogP contribution in [0, 0.1) is 0 Å². The summed E-state index contributed by atoms with van der Waals surface area (Å²) in [4.78, 5) is 35.7. The molecule has 1 fully saturated rings. The first-order valence-corrected chi connectivity index (χ1v) is 12.4. The number of nitrogens with zero attached hydrogens (tertiary/aromatic N) is 3. The number of hydrogen-bond acceptors (Lipinski definition) is 12. The molecular weight excluding hydrogens is 474 g/mol. The Balaban J connectivity index is 1.40. The van der Waals surface area contributed by atoms with Crippen LogP contribution in [0.5, 0.6) is 0 Å². The second-order valence-electron chi connectivity index (χ2n) is 6.96.